The maximum Gasteiger partial charge on any atom is 0.0561 e. The van der Waals surface area contributed by atoms with Gasteiger partial charge in [0.05, 0.1) is 5.69 Å². The van der Waals surface area contributed by atoms with Gasteiger partial charge in [0.15, 0.2) is 0 Å². The number of aromatic nitrogens is 1. The van der Waals surface area contributed by atoms with Crippen LogP contribution in [0.25, 0.3) is 22.6 Å². The molecular weight excluding hydrogens is 206 g/mol. The third kappa shape index (κ3) is 1.09. The molecule has 0 N–H and O–H groups in total. The second-order valence-corrected chi connectivity index (χ2v) is 5.02. The summed E-state index contributed by atoms with van der Waals surface area (Å²) in [5.74, 6) is 0. The summed E-state index contributed by atoms with van der Waals surface area (Å²) in [6.07, 6.45) is 8.60. The molecule has 2 aliphatic carbocycles. The average Bonchev–Trinajstić information content (AvgIpc) is 2.88. The van der Waals surface area contributed by atoms with Gasteiger partial charge in [-0.15, -0.1) is 0 Å². The molecular formula is C16H15N. The zero-order valence-corrected chi connectivity index (χ0v) is 10.0. The number of aryl methyl sites for hydroxylation is 1. The van der Waals surface area contributed by atoms with E-state index in [2.05, 4.69) is 48.0 Å². The van der Waals surface area contributed by atoms with Gasteiger partial charge in [-0.25, -0.2) is 0 Å². The lowest BCUT2D eigenvalue weighted by atomic mass is 9.95. The molecule has 0 bridgehead atoms. The minimum absolute atomic E-state index is 1.23. The lowest BCUT2D eigenvalue weighted by molar-refractivity contribution is 0.828. The molecule has 0 unspecified atom stereocenters. The molecule has 2 aromatic rings. The molecule has 0 spiro atoms. The first kappa shape index (κ1) is 9.29. The van der Waals surface area contributed by atoms with Crippen molar-refractivity contribution in [3.05, 3.63) is 47.2 Å². The fraction of sp³-hybridized carbons (Fsp3) is 0.250. The Hall–Kier alpha value is -1.76. The van der Waals surface area contributed by atoms with E-state index in [1.807, 2.05) is 0 Å². The van der Waals surface area contributed by atoms with Crippen LogP contribution in [0, 0.1) is 0 Å². The second-order valence-electron chi connectivity index (χ2n) is 5.02. The first-order valence-electron chi connectivity index (χ1n) is 6.35. The molecule has 0 aliphatic heterocycles. The smallest absolute Gasteiger partial charge is 0.0561 e. The quantitative estimate of drug-likeness (QED) is 0.630. The Morgan fingerprint density at radius 3 is 3.00 bits per heavy atom. The number of hydrogen-bond donors (Lipinski definition) is 0. The molecule has 1 aromatic heterocycles. The van der Waals surface area contributed by atoms with Crippen LogP contribution >= 0.6 is 0 Å². The molecule has 1 heterocycles. The third-order valence-corrected chi connectivity index (χ3v) is 4.06. The number of nitrogens with zero attached hydrogens (tertiary/aromatic N) is 1. The summed E-state index contributed by atoms with van der Waals surface area (Å²) in [7, 11) is 2.19. The molecule has 4 rings (SSSR count). The highest BCUT2D eigenvalue weighted by atomic mass is 15.0. The van der Waals surface area contributed by atoms with Gasteiger partial charge in [0.1, 0.15) is 0 Å². The van der Waals surface area contributed by atoms with Crippen LogP contribution in [-0.4, -0.2) is 4.57 Å². The van der Waals surface area contributed by atoms with Crippen molar-refractivity contribution in [2.24, 2.45) is 7.05 Å². The Bertz CT molecular complexity index is 683. The van der Waals surface area contributed by atoms with E-state index in [4.69, 9.17) is 0 Å². The Morgan fingerprint density at radius 2 is 2.06 bits per heavy atom. The molecule has 0 atom stereocenters. The van der Waals surface area contributed by atoms with Gasteiger partial charge in [0.25, 0.3) is 0 Å². The van der Waals surface area contributed by atoms with Crippen LogP contribution in [0.3, 0.4) is 0 Å². The molecule has 0 saturated heterocycles. The number of para-hydroxylation sites is 1. The zero-order valence-electron chi connectivity index (χ0n) is 10.0. The van der Waals surface area contributed by atoms with Gasteiger partial charge >= 0.3 is 0 Å². The Balaban J connectivity index is 2.13. The summed E-state index contributed by atoms with van der Waals surface area (Å²) < 4.78 is 2.35. The van der Waals surface area contributed by atoms with Crippen molar-refractivity contribution in [1.82, 2.24) is 4.57 Å². The second kappa shape index (κ2) is 3.13. The van der Waals surface area contributed by atoms with Crippen molar-refractivity contribution in [2.75, 3.05) is 0 Å². The van der Waals surface area contributed by atoms with Crippen LogP contribution in [0.1, 0.15) is 30.5 Å². The number of benzene rings is 1. The van der Waals surface area contributed by atoms with E-state index in [1.165, 1.54) is 47.0 Å². The fourth-order valence-corrected chi connectivity index (χ4v) is 3.27. The maximum absolute atomic E-state index is 2.42. The monoisotopic (exact) mass is 221 g/mol. The number of fused-ring (bicyclic) bond motifs is 5. The van der Waals surface area contributed by atoms with Gasteiger partial charge in [0, 0.05) is 23.5 Å². The fourth-order valence-electron chi connectivity index (χ4n) is 3.27. The Labute approximate surface area is 101 Å². The highest BCUT2D eigenvalue weighted by molar-refractivity contribution is 6.05. The third-order valence-electron chi connectivity index (χ3n) is 4.06. The lowest BCUT2D eigenvalue weighted by Crippen LogP contribution is -1.98. The minimum atomic E-state index is 1.23. The predicted molar refractivity (Wildman–Crippen MR) is 72.7 cm³/mol. The Morgan fingerprint density at radius 1 is 1.18 bits per heavy atom. The average molecular weight is 221 g/mol. The van der Waals surface area contributed by atoms with Crippen LogP contribution in [0.5, 0.6) is 0 Å². The summed E-state index contributed by atoms with van der Waals surface area (Å²) in [6, 6.07) is 8.71. The SMILES string of the molecule is Cn1c2c(c3ccccc31)C=C1CCCC=C12. The van der Waals surface area contributed by atoms with Gasteiger partial charge in [-0.1, -0.05) is 24.3 Å². The van der Waals surface area contributed by atoms with E-state index in [0.29, 0.717) is 0 Å². The molecule has 1 nitrogen and oxygen atoms in total. The van der Waals surface area contributed by atoms with Crippen molar-refractivity contribution in [3.8, 4) is 0 Å². The van der Waals surface area contributed by atoms with E-state index in [1.54, 1.807) is 5.57 Å². The molecule has 2 aliphatic rings. The van der Waals surface area contributed by atoms with Gasteiger partial charge in [-0.3, -0.25) is 0 Å². The highest BCUT2D eigenvalue weighted by Gasteiger charge is 2.26. The van der Waals surface area contributed by atoms with Crippen LogP contribution in [-0.2, 0) is 7.05 Å². The number of allylic oxidation sites excluding steroid dienone is 3. The van der Waals surface area contributed by atoms with E-state index in [9.17, 15) is 0 Å². The topological polar surface area (TPSA) is 4.93 Å². The van der Waals surface area contributed by atoms with Crippen molar-refractivity contribution in [1.29, 1.82) is 0 Å². The van der Waals surface area contributed by atoms with Crippen LogP contribution in [0.4, 0.5) is 0 Å². The van der Waals surface area contributed by atoms with Crippen LogP contribution in [0.2, 0.25) is 0 Å². The minimum Gasteiger partial charge on any atom is -0.343 e. The molecule has 17 heavy (non-hydrogen) atoms. The molecule has 84 valence electrons. The van der Waals surface area contributed by atoms with Gasteiger partial charge in [-0.05, 0) is 42.6 Å². The predicted octanol–water partition coefficient (Wildman–Crippen LogP) is 4.14. The van der Waals surface area contributed by atoms with Crippen molar-refractivity contribution in [3.63, 3.8) is 0 Å². The molecule has 0 saturated carbocycles. The zero-order chi connectivity index (χ0) is 11.4. The molecule has 1 aromatic carbocycles. The maximum atomic E-state index is 2.42. The molecule has 0 fully saturated rings. The first-order valence-corrected chi connectivity index (χ1v) is 6.35. The molecule has 0 radical (unpaired) electrons. The largest absolute Gasteiger partial charge is 0.343 e. The summed E-state index contributed by atoms with van der Waals surface area (Å²) in [4.78, 5) is 0. The lowest BCUT2D eigenvalue weighted by Gasteiger charge is -2.13. The van der Waals surface area contributed by atoms with Gasteiger partial charge < -0.3 is 4.57 Å². The van der Waals surface area contributed by atoms with Crippen molar-refractivity contribution < 1.29 is 0 Å². The van der Waals surface area contributed by atoms with Crippen molar-refractivity contribution >= 4 is 22.6 Å². The summed E-state index contributed by atoms with van der Waals surface area (Å²) in [6.45, 7) is 0. The van der Waals surface area contributed by atoms with Gasteiger partial charge in [0.2, 0.25) is 0 Å². The van der Waals surface area contributed by atoms with E-state index < -0.39 is 0 Å². The van der Waals surface area contributed by atoms with Crippen LogP contribution < -0.4 is 0 Å². The van der Waals surface area contributed by atoms with Gasteiger partial charge in [-0.2, -0.15) is 0 Å². The standard InChI is InChI=1S/C16H15N/c1-17-15-9-5-4-8-13(15)14-10-11-6-2-3-7-12(11)16(14)17/h4-5,7-10H,2-3,6H2,1H3. The first-order chi connectivity index (χ1) is 8.36. The summed E-state index contributed by atoms with van der Waals surface area (Å²) in [5.41, 5.74) is 7.25. The normalized spacial score (nSPS) is 17.7. The van der Waals surface area contributed by atoms with Crippen LogP contribution in [0.15, 0.2) is 35.9 Å². The Kier molecular flexibility index (Phi) is 1.71. The van der Waals surface area contributed by atoms with E-state index in [-0.39, 0.29) is 0 Å². The molecule has 1 heteroatoms. The highest BCUT2D eigenvalue weighted by Crippen LogP contribution is 2.44. The van der Waals surface area contributed by atoms with E-state index >= 15 is 0 Å². The summed E-state index contributed by atoms with van der Waals surface area (Å²) >= 11 is 0. The number of rotatable bonds is 0. The molecule has 0 amide bonds. The summed E-state index contributed by atoms with van der Waals surface area (Å²) in [5, 5.41) is 1.40. The number of hydrogen-bond acceptors (Lipinski definition) is 0. The van der Waals surface area contributed by atoms with E-state index in [0.717, 1.165) is 0 Å². The van der Waals surface area contributed by atoms with Crippen molar-refractivity contribution in [2.45, 2.75) is 19.3 Å².